The van der Waals surface area contributed by atoms with Crippen molar-refractivity contribution in [3.63, 3.8) is 0 Å². The fourth-order valence-corrected chi connectivity index (χ4v) is 1.42. The fourth-order valence-electron chi connectivity index (χ4n) is 1.42. The summed E-state index contributed by atoms with van der Waals surface area (Å²) in [6.45, 7) is 3.51. The highest BCUT2D eigenvalue weighted by Crippen LogP contribution is 2.09. The zero-order valence-electron chi connectivity index (χ0n) is 10.6. The van der Waals surface area contributed by atoms with Gasteiger partial charge in [-0.3, -0.25) is 9.48 Å². The van der Waals surface area contributed by atoms with Crippen molar-refractivity contribution in [3.05, 3.63) is 18.0 Å². The van der Waals surface area contributed by atoms with Gasteiger partial charge in [0.05, 0.1) is 25.4 Å². The van der Waals surface area contributed by atoms with E-state index in [1.807, 2.05) is 20.2 Å². The molecule has 0 radical (unpaired) electrons. The molecule has 0 bridgehead atoms. The fraction of sp³-hybridized carbons (Fsp3) is 0.636. The SMILES string of the molecule is COCCNCC(=O)NC(C)c1cnn(C)c1. The summed E-state index contributed by atoms with van der Waals surface area (Å²) < 4.78 is 6.59. The molecule has 0 fully saturated rings. The summed E-state index contributed by atoms with van der Waals surface area (Å²) in [5, 5.41) is 9.95. The van der Waals surface area contributed by atoms with E-state index in [9.17, 15) is 4.79 Å². The lowest BCUT2D eigenvalue weighted by Gasteiger charge is -2.12. The van der Waals surface area contributed by atoms with Crippen LogP contribution in [0.15, 0.2) is 12.4 Å². The van der Waals surface area contributed by atoms with Gasteiger partial charge in [-0.25, -0.2) is 0 Å². The lowest BCUT2D eigenvalue weighted by molar-refractivity contribution is -0.120. The molecule has 0 saturated heterocycles. The number of carbonyl (C=O) groups excluding carboxylic acids is 1. The number of nitrogens with zero attached hydrogens (tertiary/aromatic N) is 2. The van der Waals surface area contributed by atoms with Gasteiger partial charge in [0.1, 0.15) is 0 Å². The minimum atomic E-state index is -0.0301. The standard InChI is InChI=1S/C11H20N4O2/c1-9(10-6-13-15(2)8-10)14-11(16)7-12-4-5-17-3/h6,8-9,12H,4-5,7H2,1-3H3,(H,14,16). The highest BCUT2D eigenvalue weighted by molar-refractivity contribution is 5.78. The summed E-state index contributed by atoms with van der Waals surface area (Å²) >= 11 is 0. The van der Waals surface area contributed by atoms with Gasteiger partial charge in [0.2, 0.25) is 5.91 Å². The number of rotatable bonds is 7. The third-order valence-corrected chi connectivity index (χ3v) is 2.37. The van der Waals surface area contributed by atoms with Crippen molar-refractivity contribution in [3.8, 4) is 0 Å². The number of methoxy groups -OCH3 is 1. The molecular weight excluding hydrogens is 220 g/mol. The molecule has 1 aromatic rings. The van der Waals surface area contributed by atoms with Gasteiger partial charge < -0.3 is 15.4 Å². The first kappa shape index (κ1) is 13.7. The zero-order chi connectivity index (χ0) is 12.7. The average Bonchev–Trinajstić information content (AvgIpc) is 2.71. The number of ether oxygens (including phenoxy) is 1. The molecule has 0 spiro atoms. The largest absolute Gasteiger partial charge is 0.383 e. The van der Waals surface area contributed by atoms with Gasteiger partial charge in [0, 0.05) is 32.5 Å². The quantitative estimate of drug-likeness (QED) is 0.650. The van der Waals surface area contributed by atoms with Crippen molar-refractivity contribution in [1.29, 1.82) is 0 Å². The van der Waals surface area contributed by atoms with Gasteiger partial charge >= 0.3 is 0 Å². The van der Waals surface area contributed by atoms with Crippen molar-refractivity contribution < 1.29 is 9.53 Å². The number of amides is 1. The molecule has 6 nitrogen and oxygen atoms in total. The molecule has 0 aromatic carbocycles. The number of nitrogens with one attached hydrogen (secondary N) is 2. The lowest BCUT2D eigenvalue weighted by Crippen LogP contribution is -2.36. The van der Waals surface area contributed by atoms with E-state index >= 15 is 0 Å². The second-order valence-electron chi connectivity index (χ2n) is 3.91. The van der Waals surface area contributed by atoms with Crippen molar-refractivity contribution in [2.45, 2.75) is 13.0 Å². The van der Waals surface area contributed by atoms with Crippen LogP contribution in [0.4, 0.5) is 0 Å². The molecule has 0 saturated carbocycles. The Morgan fingerprint density at radius 2 is 2.41 bits per heavy atom. The Balaban J connectivity index is 2.26. The molecule has 0 aliphatic heterocycles. The van der Waals surface area contributed by atoms with Crippen molar-refractivity contribution >= 4 is 5.91 Å². The molecule has 1 unspecified atom stereocenters. The minimum Gasteiger partial charge on any atom is -0.383 e. The average molecular weight is 240 g/mol. The number of aromatic nitrogens is 2. The van der Waals surface area contributed by atoms with E-state index in [0.29, 0.717) is 19.7 Å². The van der Waals surface area contributed by atoms with Gasteiger partial charge in [-0.1, -0.05) is 0 Å². The number of hydrogen-bond acceptors (Lipinski definition) is 4. The van der Waals surface area contributed by atoms with Crippen molar-refractivity contribution in [2.75, 3.05) is 26.8 Å². The van der Waals surface area contributed by atoms with Crippen LogP contribution in [0, 0.1) is 0 Å². The van der Waals surface area contributed by atoms with Gasteiger partial charge in [-0.05, 0) is 6.92 Å². The molecule has 0 aliphatic carbocycles. The number of aryl methyl sites for hydroxylation is 1. The molecule has 1 atom stereocenters. The van der Waals surface area contributed by atoms with Gasteiger partial charge in [-0.2, -0.15) is 5.10 Å². The van der Waals surface area contributed by atoms with E-state index in [-0.39, 0.29) is 11.9 Å². The maximum Gasteiger partial charge on any atom is 0.234 e. The van der Waals surface area contributed by atoms with Crippen LogP contribution in [-0.4, -0.2) is 42.5 Å². The second kappa shape index (κ2) is 7.03. The Morgan fingerprint density at radius 3 is 3.00 bits per heavy atom. The summed E-state index contributed by atoms with van der Waals surface area (Å²) in [5.74, 6) is -0.0301. The third kappa shape index (κ3) is 4.97. The summed E-state index contributed by atoms with van der Waals surface area (Å²) in [6, 6.07) is -0.0274. The lowest BCUT2D eigenvalue weighted by atomic mass is 10.2. The van der Waals surface area contributed by atoms with E-state index < -0.39 is 0 Å². The first-order chi connectivity index (χ1) is 8.13. The van der Waals surface area contributed by atoms with Crippen LogP contribution >= 0.6 is 0 Å². The molecule has 2 N–H and O–H groups in total. The van der Waals surface area contributed by atoms with Crippen LogP contribution in [0.25, 0.3) is 0 Å². The van der Waals surface area contributed by atoms with E-state index in [2.05, 4.69) is 15.7 Å². The predicted molar refractivity (Wildman–Crippen MR) is 64.5 cm³/mol. The molecule has 17 heavy (non-hydrogen) atoms. The number of hydrogen-bond donors (Lipinski definition) is 2. The van der Waals surface area contributed by atoms with Crippen molar-refractivity contribution in [2.24, 2.45) is 7.05 Å². The van der Waals surface area contributed by atoms with Crippen molar-refractivity contribution in [1.82, 2.24) is 20.4 Å². The van der Waals surface area contributed by atoms with Gasteiger partial charge in [-0.15, -0.1) is 0 Å². The molecule has 0 aliphatic rings. The highest BCUT2D eigenvalue weighted by atomic mass is 16.5. The van der Waals surface area contributed by atoms with E-state index in [1.54, 1.807) is 18.0 Å². The molecular formula is C11H20N4O2. The van der Waals surface area contributed by atoms with Gasteiger partial charge in [0.15, 0.2) is 0 Å². The maximum atomic E-state index is 11.6. The molecule has 6 heteroatoms. The van der Waals surface area contributed by atoms with Crippen LogP contribution in [0.3, 0.4) is 0 Å². The Kier molecular flexibility index (Phi) is 5.65. The molecule has 1 amide bonds. The monoisotopic (exact) mass is 240 g/mol. The summed E-state index contributed by atoms with van der Waals surface area (Å²) in [6.07, 6.45) is 3.65. The molecule has 96 valence electrons. The van der Waals surface area contributed by atoms with E-state index in [1.165, 1.54) is 0 Å². The maximum absolute atomic E-state index is 11.6. The van der Waals surface area contributed by atoms with Crippen LogP contribution in [0.1, 0.15) is 18.5 Å². The van der Waals surface area contributed by atoms with Crippen LogP contribution < -0.4 is 10.6 Å². The second-order valence-corrected chi connectivity index (χ2v) is 3.91. The Hall–Kier alpha value is -1.40. The van der Waals surface area contributed by atoms with Gasteiger partial charge in [0.25, 0.3) is 0 Å². The molecule has 1 heterocycles. The minimum absolute atomic E-state index is 0.0274. The first-order valence-corrected chi connectivity index (χ1v) is 5.61. The first-order valence-electron chi connectivity index (χ1n) is 5.61. The van der Waals surface area contributed by atoms with E-state index in [0.717, 1.165) is 5.56 Å². The number of carbonyl (C=O) groups is 1. The normalized spacial score (nSPS) is 12.4. The predicted octanol–water partition coefficient (Wildman–Crippen LogP) is -0.167. The Bertz CT molecular complexity index is 351. The summed E-state index contributed by atoms with van der Waals surface area (Å²) in [7, 11) is 3.48. The van der Waals surface area contributed by atoms with Crippen LogP contribution in [0.5, 0.6) is 0 Å². The highest BCUT2D eigenvalue weighted by Gasteiger charge is 2.10. The molecule has 1 rings (SSSR count). The van der Waals surface area contributed by atoms with Crippen LogP contribution in [0.2, 0.25) is 0 Å². The van der Waals surface area contributed by atoms with E-state index in [4.69, 9.17) is 4.74 Å². The topological polar surface area (TPSA) is 68.2 Å². The van der Waals surface area contributed by atoms with Crippen LogP contribution in [-0.2, 0) is 16.6 Å². The smallest absolute Gasteiger partial charge is 0.234 e. The Labute approximate surface area is 101 Å². The summed E-state index contributed by atoms with van der Waals surface area (Å²) in [4.78, 5) is 11.6. The Morgan fingerprint density at radius 1 is 1.65 bits per heavy atom. The molecule has 1 aromatic heterocycles. The third-order valence-electron chi connectivity index (χ3n) is 2.37. The zero-order valence-corrected chi connectivity index (χ0v) is 10.6. The summed E-state index contributed by atoms with van der Waals surface area (Å²) in [5.41, 5.74) is 0.998.